The molecule has 4 rings (SSSR count). The Bertz CT molecular complexity index is 928. The first-order chi connectivity index (χ1) is 16.2. The minimum Gasteiger partial charge on any atom is -0.492 e. The first-order valence-corrected chi connectivity index (χ1v) is 12.9. The molecule has 0 saturated carbocycles. The summed E-state index contributed by atoms with van der Waals surface area (Å²) in [6.07, 6.45) is 5.49. The van der Waals surface area contributed by atoms with Crippen molar-refractivity contribution in [3.05, 3.63) is 62.6 Å². The summed E-state index contributed by atoms with van der Waals surface area (Å²) in [6.45, 7) is 9.30. The molecule has 33 heavy (non-hydrogen) atoms. The van der Waals surface area contributed by atoms with Crippen molar-refractivity contribution in [3.8, 4) is 5.75 Å². The second kappa shape index (κ2) is 12.9. The van der Waals surface area contributed by atoms with Crippen LogP contribution in [0.1, 0.15) is 23.1 Å². The topological polar surface area (TPSA) is 45.8 Å². The van der Waals surface area contributed by atoms with Crippen LogP contribution in [-0.2, 0) is 11.3 Å². The Labute approximate surface area is 210 Å². The van der Waals surface area contributed by atoms with Crippen molar-refractivity contribution in [2.24, 2.45) is 5.92 Å². The Balaban J connectivity index is 1.42. The molecule has 2 aliphatic heterocycles. The molecule has 2 heterocycles. The van der Waals surface area contributed by atoms with Crippen LogP contribution in [-0.4, -0.2) is 64.0 Å². The Morgan fingerprint density at radius 2 is 2.06 bits per heavy atom. The van der Waals surface area contributed by atoms with Gasteiger partial charge < -0.3 is 20.1 Å². The Morgan fingerprint density at radius 1 is 1.18 bits per heavy atom. The smallest absolute Gasteiger partial charge is 0.120 e. The van der Waals surface area contributed by atoms with Crippen LogP contribution in [0, 0.1) is 5.92 Å². The van der Waals surface area contributed by atoms with Crippen molar-refractivity contribution in [3.63, 3.8) is 0 Å². The van der Waals surface area contributed by atoms with E-state index in [1.54, 1.807) is 0 Å². The molecule has 0 aromatic heterocycles. The molecular weight excluding hydrogens is 502 g/mol. The highest BCUT2D eigenvalue weighted by Gasteiger charge is 2.14. The summed E-state index contributed by atoms with van der Waals surface area (Å²) < 4.78 is 12.6. The zero-order chi connectivity index (χ0) is 22.9. The third-order valence-electron chi connectivity index (χ3n) is 6.11. The minimum absolute atomic E-state index is 0.677. The third-order valence-corrected chi connectivity index (χ3v) is 7.03. The average molecular weight is 535 g/mol. The first kappa shape index (κ1) is 24.7. The van der Waals surface area contributed by atoms with Crippen molar-refractivity contribution in [2.45, 2.75) is 13.0 Å². The van der Waals surface area contributed by atoms with Gasteiger partial charge in [0.2, 0.25) is 0 Å². The lowest BCUT2D eigenvalue weighted by Gasteiger charge is -2.26. The van der Waals surface area contributed by atoms with Gasteiger partial charge in [-0.3, -0.25) is 4.90 Å². The molecular formula is C26H33BrClN3O2. The van der Waals surface area contributed by atoms with Crippen LogP contribution in [0.2, 0.25) is 5.02 Å². The lowest BCUT2D eigenvalue weighted by Crippen LogP contribution is -2.38. The monoisotopic (exact) mass is 533 g/mol. The fraction of sp³-hybridized carbons (Fsp3) is 0.462. The number of nitrogens with one attached hydrogen (secondary N) is 2. The van der Waals surface area contributed by atoms with E-state index in [9.17, 15) is 0 Å². The molecule has 2 N–H and O–H groups in total. The maximum absolute atomic E-state index is 6.18. The molecule has 0 aliphatic carbocycles. The highest BCUT2D eigenvalue weighted by Crippen LogP contribution is 2.25. The van der Waals surface area contributed by atoms with Gasteiger partial charge in [0, 0.05) is 35.7 Å². The molecule has 7 heteroatoms. The number of ether oxygens (including phenoxy) is 2. The van der Waals surface area contributed by atoms with Gasteiger partial charge in [0.1, 0.15) is 12.4 Å². The summed E-state index contributed by atoms with van der Waals surface area (Å²) >= 11 is 9.68. The van der Waals surface area contributed by atoms with Crippen LogP contribution in [0.3, 0.4) is 0 Å². The van der Waals surface area contributed by atoms with Crippen molar-refractivity contribution in [2.75, 3.05) is 59.1 Å². The van der Waals surface area contributed by atoms with Crippen LogP contribution in [0.5, 0.6) is 5.75 Å². The fourth-order valence-corrected chi connectivity index (χ4v) is 5.03. The predicted molar refractivity (Wildman–Crippen MR) is 140 cm³/mol. The van der Waals surface area contributed by atoms with Crippen LogP contribution in [0.25, 0.3) is 12.2 Å². The number of nitrogens with zero attached hydrogens (tertiary/aromatic N) is 1. The van der Waals surface area contributed by atoms with Crippen LogP contribution >= 0.6 is 27.5 Å². The summed E-state index contributed by atoms with van der Waals surface area (Å²) in [7, 11) is 0. The highest BCUT2D eigenvalue weighted by molar-refractivity contribution is 9.10. The molecule has 0 bridgehead atoms. The largest absolute Gasteiger partial charge is 0.492 e. The van der Waals surface area contributed by atoms with Gasteiger partial charge in [0.05, 0.1) is 13.2 Å². The zero-order valence-electron chi connectivity index (χ0n) is 19.0. The van der Waals surface area contributed by atoms with Gasteiger partial charge >= 0.3 is 0 Å². The summed E-state index contributed by atoms with van der Waals surface area (Å²) in [5.41, 5.74) is 3.45. The van der Waals surface area contributed by atoms with Crippen molar-refractivity contribution in [1.29, 1.82) is 0 Å². The Kier molecular flexibility index (Phi) is 9.65. The maximum Gasteiger partial charge on any atom is 0.120 e. The number of rotatable bonds is 10. The van der Waals surface area contributed by atoms with Crippen molar-refractivity contribution in [1.82, 2.24) is 15.5 Å². The number of halogens is 2. The summed E-state index contributed by atoms with van der Waals surface area (Å²) in [5, 5.41) is 7.79. The summed E-state index contributed by atoms with van der Waals surface area (Å²) in [5.74, 6) is 1.64. The molecule has 2 aliphatic rings. The standard InChI is InChI=1S/C26H33BrClN3O2/c27-26-16-24(28)4-3-23(26)2-1-20-13-22(19-30-18-21-5-6-29-17-21)15-25(14-20)33-12-9-31-7-10-32-11-8-31/h1-4,13-16,21,29-30H,5-12,17-19H2/b2-1+. The molecule has 178 valence electrons. The quantitative estimate of drug-likeness (QED) is 0.433. The molecule has 1 unspecified atom stereocenters. The molecule has 2 aromatic rings. The van der Waals surface area contributed by atoms with Crippen molar-refractivity contribution < 1.29 is 9.47 Å². The number of benzene rings is 2. The molecule has 5 nitrogen and oxygen atoms in total. The van der Waals surface area contributed by atoms with Gasteiger partial charge in [-0.25, -0.2) is 0 Å². The fourth-order valence-electron chi connectivity index (χ4n) is 4.22. The second-order valence-electron chi connectivity index (χ2n) is 8.70. The van der Waals surface area contributed by atoms with E-state index in [1.165, 1.54) is 12.0 Å². The molecule has 2 fully saturated rings. The van der Waals surface area contributed by atoms with E-state index in [0.717, 1.165) is 91.3 Å². The van der Waals surface area contributed by atoms with Crippen LogP contribution in [0.4, 0.5) is 0 Å². The average Bonchev–Trinajstić information content (AvgIpc) is 3.33. The normalized spacial score (nSPS) is 19.4. The van der Waals surface area contributed by atoms with E-state index in [4.69, 9.17) is 21.1 Å². The molecule has 0 spiro atoms. The van der Waals surface area contributed by atoms with Crippen LogP contribution in [0.15, 0.2) is 40.9 Å². The molecule has 0 amide bonds. The van der Waals surface area contributed by atoms with Crippen molar-refractivity contribution >= 4 is 39.7 Å². The SMILES string of the molecule is Clc1ccc(/C=C/c2cc(CNCC3CCNC3)cc(OCCN3CCOCC3)c2)c(Br)c1. The van der Waals surface area contributed by atoms with E-state index in [-0.39, 0.29) is 0 Å². The molecule has 1 atom stereocenters. The Hall–Kier alpha value is -1.41. The lowest BCUT2D eigenvalue weighted by molar-refractivity contribution is 0.0322. The predicted octanol–water partition coefficient (Wildman–Crippen LogP) is 4.68. The lowest BCUT2D eigenvalue weighted by atomic mass is 10.1. The molecule has 2 aromatic carbocycles. The molecule has 0 radical (unpaired) electrons. The number of morpholine rings is 1. The van der Waals surface area contributed by atoms with E-state index in [1.807, 2.05) is 18.2 Å². The van der Waals surface area contributed by atoms with E-state index >= 15 is 0 Å². The van der Waals surface area contributed by atoms with Gasteiger partial charge in [0.25, 0.3) is 0 Å². The third kappa shape index (κ3) is 8.09. The number of hydrogen-bond donors (Lipinski definition) is 2. The van der Waals surface area contributed by atoms with Gasteiger partial charge in [-0.1, -0.05) is 51.8 Å². The van der Waals surface area contributed by atoms with Crippen LogP contribution < -0.4 is 15.4 Å². The first-order valence-electron chi connectivity index (χ1n) is 11.8. The Morgan fingerprint density at radius 3 is 2.85 bits per heavy atom. The second-order valence-corrected chi connectivity index (χ2v) is 9.99. The summed E-state index contributed by atoms with van der Waals surface area (Å²) in [6, 6.07) is 12.3. The van der Waals surface area contributed by atoms with Gasteiger partial charge in [-0.05, 0) is 72.9 Å². The maximum atomic E-state index is 6.18. The molecule has 2 saturated heterocycles. The van der Waals surface area contributed by atoms with Gasteiger partial charge in [-0.2, -0.15) is 0 Å². The van der Waals surface area contributed by atoms with E-state index < -0.39 is 0 Å². The van der Waals surface area contributed by atoms with E-state index in [2.05, 4.69) is 61.8 Å². The van der Waals surface area contributed by atoms with E-state index in [0.29, 0.717) is 6.61 Å². The zero-order valence-corrected chi connectivity index (χ0v) is 21.3. The minimum atomic E-state index is 0.677. The van der Waals surface area contributed by atoms with Gasteiger partial charge in [-0.15, -0.1) is 0 Å². The highest BCUT2D eigenvalue weighted by atomic mass is 79.9. The number of hydrogen-bond acceptors (Lipinski definition) is 5. The summed E-state index contributed by atoms with van der Waals surface area (Å²) in [4.78, 5) is 2.39. The van der Waals surface area contributed by atoms with Gasteiger partial charge in [0.15, 0.2) is 0 Å².